The molecule has 176 valence electrons. The largest absolute Gasteiger partial charge is 0.472 e. The molecule has 0 radical (unpaired) electrons. The van der Waals surface area contributed by atoms with Crippen LogP contribution in [0, 0.1) is 17.8 Å². The van der Waals surface area contributed by atoms with Gasteiger partial charge in [0, 0.05) is 37.8 Å². The summed E-state index contributed by atoms with van der Waals surface area (Å²) in [6.07, 6.45) is 1.09. The number of ether oxygens (including phenoxy) is 1. The zero-order chi connectivity index (χ0) is 23.8. The van der Waals surface area contributed by atoms with Crippen LogP contribution < -0.4 is 10.1 Å². The van der Waals surface area contributed by atoms with Crippen LogP contribution in [0.2, 0.25) is 0 Å². The van der Waals surface area contributed by atoms with Crippen LogP contribution in [-0.2, 0) is 0 Å². The Bertz CT molecular complexity index is 864. The minimum atomic E-state index is -0.811. The number of rotatable bonds is 6. The number of nitrogens with one attached hydrogen (secondary N) is 1. The lowest BCUT2D eigenvalue weighted by Crippen LogP contribution is -2.51. The number of carbonyl (C=O) groups excluding carboxylic acids is 2. The lowest BCUT2D eigenvalue weighted by atomic mass is 10.00. The zero-order valence-corrected chi connectivity index (χ0v) is 19.5. The van der Waals surface area contributed by atoms with Gasteiger partial charge in [0.25, 0.3) is 5.91 Å². The number of urea groups is 1. The Morgan fingerprint density at radius 3 is 2.81 bits per heavy atom. The minimum Gasteiger partial charge on any atom is -0.472 e. The number of pyridine rings is 1. The first-order valence-corrected chi connectivity index (χ1v) is 10.9. The summed E-state index contributed by atoms with van der Waals surface area (Å²) >= 11 is 0. The monoisotopic (exact) mass is 446 g/mol. The molecule has 2 heterocycles. The van der Waals surface area contributed by atoms with Crippen LogP contribution in [0.1, 0.15) is 50.0 Å². The van der Waals surface area contributed by atoms with Gasteiger partial charge in [0.1, 0.15) is 17.8 Å². The van der Waals surface area contributed by atoms with Gasteiger partial charge in [0.05, 0.1) is 19.2 Å². The van der Waals surface area contributed by atoms with Gasteiger partial charge in [-0.25, -0.2) is 9.78 Å². The van der Waals surface area contributed by atoms with E-state index in [2.05, 4.69) is 22.1 Å². The zero-order valence-electron chi connectivity index (χ0n) is 19.5. The van der Waals surface area contributed by atoms with Crippen LogP contribution >= 0.6 is 0 Å². The van der Waals surface area contributed by atoms with Crippen molar-refractivity contribution in [1.29, 1.82) is 0 Å². The second kappa shape index (κ2) is 11.7. The molecule has 1 aliphatic heterocycles. The topological polar surface area (TPSA) is 115 Å². The van der Waals surface area contributed by atoms with E-state index in [9.17, 15) is 19.8 Å². The van der Waals surface area contributed by atoms with Gasteiger partial charge in [-0.2, -0.15) is 0 Å². The van der Waals surface area contributed by atoms with E-state index in [0.29, 0.717) is 25.2 Å². The maximum Gasteiger partial charge on any atom is 0.317 e. The Morgan fingerprint density at radius 1 is 1.47 bits per heavy atom. The van der Waals surface area contributed by atoms with Crippen molar-refractivity contribution in [3.8, 4) is 17.7 Å². The van der Waals surface area contributed by atoms with Gasteiger partial charge < -0.3 is 30.1 Å². The number of aliphatic hydroxyl groups excluding tert-OH is 2. The van der Waals surface area contributed by atoms with Crippen LogP contribution in [0.15, 0.2) is 12.3 Å². The van der Waals surface area contributed by atoms with Crippen LogP contribution in [0.4, 0.5) is 4.79 Å². The highest BCUT2D eigenvalue weighted by Gasteiger charge is 2.34. The second-order valence-electron chi connectivity index (χ2n) is 8.26. The SMILES string of the molecule is CCCNC(=O)N(C)C[C@H]1Oc2ncc(C#C[C@@H](C)O)cc2C(=O)N([C@@H](C)CO)C[C@@H]1C. The first kappa shape index (κ1) is 25.4. The van der Waals surface area contributed by atoms with Crippen molar-refractivity contribution in [3.05, 3.63) is 23.4 Å². The summed E-state index contributed by atoms with van der Waals surface area (Å²) in [6, 6.07) is 0.981. The molecule has 0 unspecified atom stereocenters. The molecule has 2 rings (SSSR count). The fourth-order valence-corrected chi connectivity index (χ4v) is 3.30. The third-order valence-corrected chi connectivity index (χ3v) is 5.27. The molecule has 1 aliphatic rings. The van der Waals surface area contributed by atoms with E-state index in [0.717, 1.165) is 6.42 Å². The maximum atomic E-state index is 13.3. The lowest BCUT2D eigenvalue weighted by Gasteiger charge is -2.37. The van der Waals surface area contributed by atoms with Gasteiger partial charge in [0.15, 0.2) is 0 Å². The predicted octanol–water partition coefficient (Wildman–Crippen LogP) is 1.09. The van der Waals surface area contributed by atoms with Crippen LogP contribution in [-0.4, -0.2) is 88.5 Å². The summed E-state index contributed by atoms with van der Waals surface area (Å²) in [5, 5.41) is 22.0. The quantitative estimate of drug-likeness (QED) is 0.564. The number of aliphatic hydroxyl groups is 2. The molecule has 0 bridgehead atoms. The van der Waals surface area contributed by atoms with Gasteiger partial charge in [-0.15, -0.1) is 0 Å². The summed E-state index contributed by atoms with van der Waals surface area (Å²) in [5.74, 6) is 5.15. The van der Waals surface area contributed by atoms with Crippen LogP contribution in [0.5, 0.6) is 5.88 Å². The summed E-state index contributed by atoms with van der Waals surface area (Å²) in [5.41, 5.74) is 0.706. The van der Waals surface area contributed by atoms with Crippen molar-refractivity contribution in [2.24, 2.45) is 5.92 Å². The second-order valence-corrected chi connectivity index (χ2v) is 8.26. The van der Waals surface area contributed by atoms with Crippen molar-refractivity contribution in [2.45, 2.75) is 52.4 Å². The molecule has 0 spiro atoms. The smallest absolute Gasteiger partial charge is 0.317 e. The molecule has 9 nitrogen and oxygen atoms in total. The third-order valence-electron chi connectivity index (χ3n) is 5.27. The van der Waals surface area contributed by atoms with E-state index in [-0.39, 0.29) is 35.9 Å². The number of fused-ring (bicyclic) bond motifs is 1. The van der Waals surface area contributed by atoms with Gasteiger partial charge >= 0.3 is 6.03 Å². The van der Waals surface area contributed by atoms with E-state index >= 15 is 0 Å². The Morgan fingerprint density at radius 2 is 2.19 bits per heavy atom. The van der Waals surface area contributed by atoms with Gasteiger partial charge in [-0.05, 0) is 26.3 Å². The van der Waals surface area contributed by atoms with Gasteiger partial charge in [-0.1, -0.05) is 25.7 Å². The average Bonchev–Trinajstić information content (AvgIpc) is 2.77. The molecule has 32 heavy (non-hydrogen) atoms. The molecule has 0 fully saturated rings. The molecule has 3 N–H and O–H groups in total. The van der Waals surface area contributed by atoms with Crippen molar-refractivity contribution < 1.29 is 24.5 Å². The lowest BCUT2D eigenvalue weighted by molar-refractivity contribution is 0.0352. The highest BCUT2D eigenvalue weighted by molar-refractivity contribution is 5.97. The molecule has 0 saturated carbocycles. The van der Waals surface area contributed by atoms with E-state index in [1.165, 1.54) is 6.20 Å². The van der Waals surface area contributed by atoms with Crippen LogP contribution in [0.25, 0.3) is 0 Å². The molecule has 0 aromatic carbocycles. The Balaban J connectivity index is 2.40. The number of likely N-dealkylation sites (N-methyl/N-ethyl adjacent to an activating group) is 1. The first-order valence-electron chi connectivity index (χ1n) is 10.9. The number of amides is 3. The highest BCUT2D eigenvalue weighted by atomic mass is 16.5. The number of nitrogens with zero attached hydrogens (tertiary/aromatic N) is 3. The first-order chi connectivity index (χ1) is 15.2. The van der Waals surface area contributed by atoms with E-state index in [4.69, 9.17) is 4.74 Å². The van der Waals surface area contributed by atoms with E-state index in [1.807, 2.05) is 13.8 Å². The summed E-state index contributed by atoms with van der Waals surface area (Å²) < 4.78 is 6.15. The minimum absolute atomic E-state index is 0.126. The van der Waals surface area contributed by atoms with E-state index in [1.54, 1.807) is 36.8 Å². The number of aromatic nitrogens is 1. The predicted molar refractivity (Wildman–Crippen MR) is 120 cm³/mol. The van der Waals surface area contributed by atoms with Crippen LogP contribution in [0.3, 0.4) is 0 Å². The normalized spacial score (nSPS) is 20.0. The molecule has 3 amide bonds. The molecule has 0 saturated heterocycles. The fourth-order valence-electron chi connectivity index (χ4n) is 3.30. The molecule has 9 heteroatoms. The fraction of sp³-hybridized carbons (Fsp3) is 0.609. The van der Waals surface area contributed by atoms with E-state index < -0.39 is 18.2 Å². The number of hydrogen-bond acceptors (Lipinski definition) is 6. The van der Waals surface area contributed by atoms with Crippen molar-refractivity contribution in [2.75, 3.05) is 33.3 Å². The number of carbonyl (C=O) groups is 2. The van der Waals surface area contributed by atoms with Gasteiger partial charge in [0.2, 0.25) is 5.88 Å². The molecular formula is C23H34N4O5. The Kier molecular flexibility index (Phi) is 9.29. The van der Waals surface area contributed by atoms with Crippen molar-refractivity contribution >= 4 is 11.9 Å². The summed E-state index contributed by atoms with van der Waals surface area (Å²) in [6.45, 7) is 8.30. The molecular weight excluding hydrogens is 412 g/mol. The third kappa shape index (κ3) is 6.58. The summed E-state index contributed by atoms with van der Waals surface area (Å²) in [4.78, 5) is 33.1. The Hall–Kier alpha value is -2.83. The van der Waals surface area contributed by atoms with Crippen molar-refractivity contribution in [3.63, 3.8) is 0 Å². The molecule has 1 aromatic rings. The van der Waals surface area contributed by atoms with Crippen molar-refractivity contribution in [1.82, 2.24) is 20.1 Å². The average molecular weight is 447 g/mol. The number of hydrogen-bond donors (Lipinski definition) is 3. The molecule has 4 atom stereocenters. The maximum absolute atomic E-state index is 13.3. The summed E-state index contributed by atoms with van der Waals surface area (Å²) in [7, 11) is 1.70. The highest BCUT2D eigenvalue weighted by Crippen LogP contribution is 2.27. The standard InChI is InChI=1S/C23H34N4O5/c1-6-9-24-23(31)26(5)13-20-15(2)12-27(16(3)14-28)22(30)19-10-18(8-7-17(4)29)11-25-21(19)32-20/h10-11,15-17,20,28-29H,6,9,12-14H2,1-5H3,(H,24,31)/t15-,16-,17+,20+/m0/s1. The molecule has 0 aliphatic carbocycles. The molecule has 1 aromatic heterocycles. The van der Waals surface area contributed by atoms with Gasteiger partial charge in [-0.3, -0.25) is 4.79 Å². The Labute approximate surface area is 189 Å².